The van der Waals surface area contributed by atoms with Crippen LogP contribution in [0.15, 0.2) is 0 Å². The summed E-state index contributed by atoms with van der Waals surface area (Å²) in [4.78, 5) is 16.5. The predicted molar refractivity (Wildman–Crippen MR) is 80.3 cm³/mol. The fourth-order valence-electron chi connectivity index (χ4n) is 4.68. The van der Waals surface area contributed by atoms with Crippen LogP contribution < -0.4 is 5.32 Å². The summed E-state index contributed by atoms with van der Waals surface area (Å²) in [5.74, 6) is 0. The predicted octanol–water partition coefficient (Wildman–Crippen LogP) is 1.58. The molecule has 1 spiro atoms. The van der Waals surface area contributed by atoms with Gasteiger partial charge in [0.25, 0.3) is 0 Å². The first-order valence-electron chi connectivity index (χ1n) is 8.70. The van der Waals surface area contributed by atoms with E-state index in [2.05, 4.69) is 5.32 Å². The molecule has 0 aromatic heterocycles. The minimum absolute atomic E-state index is 0.167. The summed E-state index contributed by atoms with van der Waals surface area (Å²) in [5, 5.41) is 3.39. The number of carbonyl (C=O) groups is 1. The van der Waals surface area contributed by atoms with Crippen LogP contribution in [-0.2, 0) is 4.74 Å². The van der Waals surface area contributed by atoms with E-state index in [-0.39, 0.29) is 17.7 Å². The van der Waals surface area contributed by atoms with Crippen molar-refractivity contribution >= 4 is 6.03 Å². The molecule has 4 rings (SSSR count). The Bertz CT molecular complexity index is 408. The summed E-state index contributed by atoms with van der Waals surface area (Å²) in [7, 11) is 0. The van der Waals surface area contributed by atoms with Crippen molar-refractivity contribution in [2.75, 3.05) is 32.7 Å². The van der Waals surface area contributed by atoms with E-state index in [0.29, 0.717) is 6.04 Å². The van der Waals surface area contributed by atoms with Crippen LogP contribution >= 0.6 is 0 Å². The average molecular weight is 293 g/mol. The first-order valence-corrected chi connectivity index (χ1v) is 8.70. The highest BCUT2D eigenvalue weighted by Crippen LogP contribution is 2.42. The van der Waals surface area contributed by atoms with Crippen LogP contribution in [0.2, 0.25) is 0 Å². The van der Waals surface area contributed by atoms with Crippen molar-refractivity contribution in [3.8, 4) is 0 Å². The number of carbonyl (C=O) groups excluding carboxylic acids is 1. The second kappa shape index (κ2) is 5.43. The van der Waals surface area contributed by atoms with E-state index in [0.717, 1.165) is 39.1 Å². The molecule has 0 bridgehead atoms. The van der Waals surface area contributed by atoms with Gasteiger partial charge in [-0.25, -0.2) is 4.79 Å². The monoisotopic (exact) mass is 293 g/mol. The maximum atomic E-state index is 12.5. The molecule has 3 saturated heterocycles. The molecule has 3 heterocycles. The van der Waals surface area contributed by atoms with Crippen molar-refractivity contribution < 1.29 is 9.53 Å². The van der Waals surface area contributed by atoms with Crippen molar-refractivity contribution in [2.24, 2.45) is 0 Å². The van der Waals surface area contributed by atoms with Gasteiger partial charge in [0, 0.05) is 32.7 Å². The largest absolute Gasteiger partial charge is 0.370 e. The SMILES string of the molecule is O=C1N(CC2CCC3(CCCCC3)O2)CC2CNCCN12. The van der Waals surface area contributed by atoms with E-state index in [1.54, 1.807) is 0 Å². The molecule has 4 fully saturated rings. The lowest BCUT2D eigenvalue weighted by Crippen LogP contribution is -2.49. The molecular formula is C16H27N3O2. The van der Waals surface area contributed by atoms with Gasteiger partial charge in [0.2, 0.25) is 0 Å². The van der Waals surface area contributed by atoms with Gasteiger partial charge in [-0.2, -0.15) is 0 Å². The maximum Gasteiger partial charge on any atom is 0.320 e. The number of hydrogen-bond donors (Lipinski definition) is 1. The van der Waals surface area contributed by atoms with Gasteiger partial charge < -0.3 is 19.9 Å². The average Bonchev–Trinajstić information content (AvgIpc) is 3.03. The third-order valence-corrected chi connectivity index (χ3v) is 5.82. The van der Waals surface area contributed by atoms with Crippen molar-refractivity contribution in [3.63, 3.8) is 0 Å². The van der Waals surface area contributed by atoms with Crippen molar-refractivity contribution in [1.82, 2.24) is 15.1 Å². The molecule has 0 aromatic rings. The minimum Gasteiger partial charge on any atom is -0.370 e. The molecule has 21 heavy (non-hydrogen) atoms. The van der Waals surface area contributed by atoms with Crippen LogP contribution in [0.3, 0.4) is 0 Å². The highest BCUT2D eigenvalue weighted by atomic mass is 16.5. The Morgan fingerprint density at radius 3 is 2.90 bits per heavy atom. The zero-order valence-electron chi connectivity index (χ0n) is 12.9. The van der Waals surface area contributed by atoms with Crippen LogP contribution in [0.1, 0.15) is 44.9 Å². The Kier molecular flexibility index (Phi) is 3.58. The molecule has 118 valence electrons. The highest BCUT2D eigenvalue weighted by molar-refractivity contribution is 5.77. The van der Waals surface area contributed by atoms with Crippen LogP contribution in [-0.4, -0.2) is 66.3 Å². The number of ether oxygens (including phenoxy) is 1. The van der Waals surface area contributed by atoms with Gasteiger partial charge in [-0.15, -0.1) is 0 Å². The van der Waals surface area contributed by atoms with Crippen molar-refractivity contribution in [1.29, 1.82) is 0 Å². The van der Waals surface area contributed by atoms with Gasteiger partial charge >= 0.3 is 6.03 Å². The number of piperazine rings is 1. The van der Waals surface area contributed by atoms with Crippen molar-refractivity contribution in [2.45, 2.75) is 62.7 Å². The number of urea groups is 1. The number of amides is 2. The van der Waals surface area contributed by atoms with Gasteiger partial charge in [-0.3, -0.25) is 0 Å². The Balaban J connectivity index is 1.35. The van der Waals surface area contributed by atoms with E-state index in [1.165, 1.54) is 38.5 Å². The first kappa shape index (κ1) is 13.8. The fraction of sp³-hybridized carbons (Fsp3) is 0.938. The normalized spacial score (nSPS) is 35.5. The highest BCUT2D eigenvalue weighted by Gasteiger charge is 2.44. The fourth-order valence-corrected chi connectivity index (χ4v) is 4.68. The number of nitrogens with one attached hydrogen (secondary N) is 1. The molecule has 2 amide bonds. The zero-order chi connectivity index (χ0) is 14.3. The molecule has 5 heteroatoms. The molecule has 2 unspecified atom stereocenters. The molecule has 5 nitrogen and oxygen atoms in total. The van der Waals surface area contributed by atoms with Gasteiger partial charge in [-0.05, 0) is 25.7 Å². The molecule has 0 aromatic carbocycles. The van der Waals surface area contributed by atoms with E-state index in [9.17, 15) is 4.79 Å². The summed E-state index contributed by atoms with van der Waals surface area (Å²) < 4.78 is 6.43. The molecule has 4 aliphatic rings. The third-order valence-electron chi connectivity index (χ3n) is 5.82. The molecule has 1 N–H and O–H groups in total. The summed E-state index contributed by atoms with van der Waals surface area (Å²) in [6.07, 6.45) is 9.06. The Hall–Kier alpha value is -0.810. The third kappa shape index (κ3) is 2.55. The molecule has 1 saturated carbocycles. The second-order valence-corrected chi connectivity index (χ2v) is 7.26. The summed E-state index contributed by atoms with van der Waals surface area (Å²) >= 11 is 0. The minimum atomic E-state index is 0.167. The molecule has 3 aliphatic heterocycles. The van der Waals surface area contributed by atoms with Crippen molar-refractivity contribution in [3.05, 3.63) is 0 Å². The van der Waals surface area contributed by atoms with E-state index in [1.807, 2.05) is 9.80 Å². The Morgan fingerprint density at radius 2 is 2.10 bits per heavy atom. The van der Waals surface area contributed by atoms with Gasteiger partial charge in [0.05, 0.1) is 17.7 Å². The van der Waals surface area contributed by atoms with E-state index in [4.69, 9.17) is 4.74 Å². The van der Waals surface area contributed by atoms with Gasteiger partial charge in [0.15, 0.2) is 0 Å². The number of hydrogen-bond acceptors (Lipinski definition) is 3. The molecule has 1 aliphatic carbocycles. The van der Waals surface area contributed by atoms with E-state index < -0.39 is 0 Å². The zero-order valence-corrected chi connectivity index (χ0v) is 12.9. The Morgan fingerprint density at radius 1 is 1.24 bits per heavy atom. The number of rotatable bonds is 2. The Labute approximate surface area is 127 Å². The van der Waals surface area contributed by atoms with Gasteiger partial charge in [0.1, 0.15) is 0 Å². The lowest BCUT2D eigenvalue weighted by Gasteiger charge is -2.33. The lowest BCUT2D eigenvalue weighted by atomic mass is 9.83. The smallest absolute Gasteiger partial charge is 0.320 e. The van der Waals surface area contributed by atoms with E-state index >= 15 is 0 Å². The maximum absolute atomic E-state index is 12.5. The molecule has 0 radical (unpaired) electrons. The number of fused-ring (bicyclic) bond motifs is 1. The standard InChI is InChI=1S/C16H27N3O2/c20-15-18(11-13-10-17-8-9-19(13)15)12-14-4-7-16(21-14)5-2-1-3-6-16/h13-14,17H,1-12H2. The summed E-state index contributed by atoms with van der Waals surface area (Å²) in [5.41, 5.74) is 0.167. The topological polar surface area (TPSA) is 44.8 Å². The number of nitrogens with zero attached hydrogens (tertiary/aromatic N) is 2. The molecular weight excluding hydrogens is 266 g/mol. The quantitative estimate of drug-likeness (QED) is 0.841. The van der Waals surface area contributed by atoms with Crippen LogP contribution in [0.25, 0.3) is 0 Å². The second-order valence-electron chi connectivity index (χ2n) is 7.26. The summed E-state index contributed by atoms with van der Waals surface area (Å²) in [6, 6.07) is 0.603. The molecule has 2 atom stereocenters. The lowest BCUT2D eigenvalue weighted by molar-refractivity contribution is -0.0682. The van der Waals surface area contributed by atoms with Gasteiger partial charge in [-0.1, -0.05) is 19.3 Å². The van der Waals surface area contributed by atoms with Crippen LogP contribution in [0.5, 0.6) is 0 Å². The first-order chi connectivity index (χ1) is 10.3. The summed E-state index contributed by atoms with van der Waals surface area (Å²) in [6.45, 7) is 4.40. The van der Waals surface area contributed by atoms with Crippen LogP contribution in [0.4, 0.5) is 4.79 Å². The van der Waals surface area contributed by atoms with Crippen LogP contribution in [0, 0.1) is 0 Å².